The second kappa shape index (κ2) is 4.73. The zero-order valence-corrected chi connectivity index (χ0v) is 11.4. The molecule has 0 spiro atoms. The molecule has 6 heteroatoms. The molecule has 1 aromatic carbocycles. The normalized spacial score (nSPS) is 14.9. The van der Waals surface area contributed by atoms with E-state index in [-0.39, 0.29) is 5.75 Å². The van der Waals surface area contributed by atoms with Gasteiger partial charge in [-0.2, -0.15) is 5.10 Å². The van der Waals surface area contributed by atoms with E-state index in [4.69, 9.17) is 4.42 Å². The van der Waals surface area contributed by atoms with Crippen molar-refractivity contribution in [3.8, 4) is 5.75 Å². The third-order valence-electron chi connectivity index (χ3n) is 3.86. The van der Waals surface area contributed by atoms with Gasteiger partial charge < -0.3 is 9.52 Å². The lowest BCUT2D eigenvalue weighted by Crippen LogP contribution is -2.00. The molecule has 2 aromatic heterocycles. The van der Waals surface area contributed by atoms with Crippen molar-refractivity contribution in [2.24, 2.45) is 5.10 Å². The van der Waals surface area contributed by atoms with Crippen molar-refractivity contribution < 1.29 is 9.52 Å². The largest absolute Gasteiger partial charge is 0.507 e. The van der Waals surface area contributed by atoms with Crippen LogP contribution in [0.5, 0.6) is 5.75 Å². The van der Waals surface area contributed by atoms with Crippen molar-refractivity contribution in [3.63, 3.8) is 0 Å². The Labute approximate surface area is 120 Å². The van der Waals surface area contributed by atoms with Crippen LogP contribution in [0.1, 0.15) is 29.7 Å². The topological polar surface area (TPSA) is 76.4 Å². The lowest BCUT2D eigenvalue weighted by atomic mass is 9.94. The first kappa shape index (κ1) is 12.1. The molecule has 0 fully saturated rings. The number of phenolic OH excluding ortho intramolecular Hbond substituents is 1. The Hall–Kier alpha value is -2.63. The van der Waals surface area contributed by atoms with E-state index in [0.717, 1.165) is 42.4 Å². The van der Waals surface area contributed by atoms with Gasteiger partial charge in [-0.15, -0.1) is 10.2 Å². The van der Waals surface area contributed by atoms with E-state index >= 15 is 0 Å². The molecule has 6 nitrogen and oxygen atoms in total. The summed E-state index contributed by atoms with van der Waals surface area (Å²) in [6.45, 7) is 0. The molecule has 1 aliphatic rings. The standard InChI is InChI=1S/C15H14N4O2/c20-12-5-6-14-15(10-3-1-2-4-13(10)21-14)11(12)7-18-19-8-16-17-9-19/h5-9,20H,1-4H2. The summed E-state index contributed by atoms with van der Waals surface area (Å²) in [5.41, 5.74) is 2.70. The minimum atomic E-state index is 0.202. The molecule has 106 valence electrons. The molecular weight excluding hydrogens is 268 g/mol. The van der Waals surface area contributed by atoms with E-state index in [9.17, 15) is 5.11 Å². The maximum atomic E-state index is 10.2. The van der Waals surface area contributed by atoms with Crippen LogP contribution in [-0.4, -0.2) is 26.2 Å². The highest BCUT2D eigenvalue weighted by Gasteiger charge is 2.21. The fraction of sp³-hybridized carbons (Fsp3) is 0.267. The summed E-state index contributed by atoms with van der Waals surface area (Å²) >= 11 is 0. The maximum Gasteiger partial charge on any atom is 0.141 e. The highest BCUT2D eigenvalue weighted by Crippen LogP contribution is 2.36. The van der Waals surface area contributed by atoms with Gasteiger partial charge in [0, 0.05) is 22.9 Å². The van der Waals surface area contributed by atoms with Crippen molar-refractivity contribution in [2.75, 3.05) is 0 Å². The summed E-state index contributed by atoms with van der Waals surface area (Å²) in [7, 11) is 0. The third-order valence-corrected chi connectivity index (χ3v) is 3.86. The minimum absolute atomic E-state index is 0.202. The zero-order chi connectivity index (χ0) is 14.2. The van der Waals surface area contributed by atoms with Gasteiger partial charge in [-0.05, 0) is 31.4 Å². The zero-order valence-electron chi connectivity index (χ0n) is 11.4. The Kier molecular flexibility index (Phi) is 2.73. The molecule has 0 aliphatic heterocycles. The molecule has 0 saturated carbocycles. The second-order valence-corrected chi connectivity index (χ2v) is 5.17. The van der Waals surface area contributed by atoms with Crippen LogP contribution in [0.4, 0.5) is 0 Å². The summed E-state index contributed by atoms with van der Waals surface area (Å²) in [4.78, 5) is 0. The monoisotopic (exact) mass is 282 g/mol. The molecule has 0 bridgehead atoms. The predicted molar refractivity (Wildman–Crippen MR) is 77.5 cm³/mol. The molecule has 2 heterocycles. The number of phenols is 1. The first-order valence-corrected chi connectivity index (χ1v) is 6.98. The van der Waals surface area contributed by atoms with Crippen molar-refractivity contribution in [2.45, 2.75) is 25.7 Å². The van der Waals surface area contributed by atoms with E-state index in [2.05, 4.69) is 15.3 Å². The highest BCUT2D eigenvalue weighted by molar-refractivity contribution is 6.02. The Morgan fingerprint density at radius 1 is 1.19 bits per heavy atom. The number of benzene rings is 1. The van der Waals surface area contributed by atoms with Crippen LogP contribution in [0.25, 0.3) is 11.0 Å². The van der Waals surface area contributed by atoms with Gasteiger partial charge in [-0.25, -0.2) is 4.68 Å². The Balaban J connectivity index is 1.90. The Morgan fingerprint density at radius 2 is 2.00 bits per heavy atom. The molecule has 1 N–H and O–H groups in total. The predicted octanol–water partition coefficient (Wildman–Crippen LogP) is 2.49. The van der Waals surface area contributed by atoms with Crippen molar-refractivity contribution in [1.82, 2.24) is 14.9 Å². The lowest BCUT2D eigenvalue weighted by molar-refractivity contribution is 0.474. The number of nitrogens with zero attached hydrogens (tertiary/aromatic N) is 4. The average Bonchev–Trinajstić information content (AvgIpc) is 3.13. The fourth-order valence-corrected chi connectivity index (χ4v) is 2.88. The van der Waals surface area contributed by atoms with Crippen LogP contribution in [0, 0.1) is 0 Å². The first-order valence-electron chi connectivity index (χ1n) is 6.98. The minimum Gasteiger partial charge on any atom is -0.507 e. The van der Waals surface area contributed by atoms with Gasteiger partial charge in [-0.3, -0.25) is 0 Å². The van der Waals surface area contributed by atoms with Crippen LogP contribution in [0.3, 0.4) is 0 Å². The molecule has 4 rings (SSSR count). The SMILES string of the molecule is Oc1ccc2oc3c(c2c1C=Nn1cnnc1)CCCC3. The van der Waals surface area contributed by atoms with Crippen LogP contribution in [0.2, 0.25) is 0 Å². The highest BCUT2D eigenvalue weighted by atomic mass is 16.3. The quantitative estimate of drug-likeness (QED) is 0.733. The summed E-state index contributed by atoms with van der Waals surface area (Å²) in [6, 6.07) is 3.46. The fourth-order valence-electron chi connectivity index (χ4n) is 2.88. The molecule has 3 aromatic rings. The van der Waals surface area contributed by atoms with Crippen molar-refractivity contribution >= 4 is 17.2 Å². The van der Waals surface area contributed by atoms with E-state index in [1.165, 1.54) is 22.9 Å². The van der Waals surface area contributed by atoms with Gasteiger partial charge in [0.25, 0.3) is 0 Å². The summed E-state index contributed by atoms with van der Waals surface area (Å²) < 4.78 is 7.41. The number of aromatic nitrogens is 3. The molecule has 0 unspecified atom stereocenters. The smallest absolute Gasteiger partial charge is 0.141 e. The maximum absolute atomic E-state index is 10.2. The number of furan rings is 1. The summed E-state index contributed by atoms with van der Waals surface area (Å²) in [5, 5.41) is 22.8. The molecular formula is C15H14N4O2. The number of rotatable bonds is 2. The molecule has 0 saturated heterocycles. The first-order chi connectivity index (χ1) is 10.3. The van der Waals surface area contributed by atoms with Crippen LogP contribution in [0.15, 0.2) is 34.3 Å². The van der Waals surface area contributed by atoms with Crippen molar-refractivity contribution in [1.29, 1.82) is 0 Å². The van der Waals surface area contributed by atoms with Gasteiger partial charge in [0.1, 0.15) is 29.7 Å². The molecule has 0 atom stereocenters. The van der Waals surface area contributed by atoms with E-state index in [0.29, 0.717) is 5.56 Å². The number of hydrogen-bond donors (Lipinski definition) is 1. The van der Waals surface area contributed by atoms with Gasteiger partial charge in [-0.1, -0.05) is 0 Å². The number of fused-ring (bicyclic) bond motifs is 3. The number of hydrogen-bond acceptors (Lipinski definition) is 5. The molecule has 0 radical (unpaired) electrons. The lowest BCUT2D eigenvalue weighted by Gasteiger charge is -2.09. The second-order valence-electron chi connectivity index (χ2n) is 5.17. The summed E-state index contributed by atoms with van der Waals surface area (Å²) in [6.07, 6.45) is 8.89. The third kappa shape index (κ3) is 1.99. The van der Waals surface area contributed by atoms with Crippen molar-refractivity contribution in [3.05, 3.63) is 41.7 Å². The molecule has 1 aliphatic carbocycles. The number of aryl methyl sites for hydroxylation is 2. The van der Waals surface area contributed by atoms with E-state index in [1.54, 1.807) is 12.3 Å². The average molecular weight is 282 g/mol. The van der Waals surface area contributed by atoms with Crippen LogP contribution < -0.4 is 0 Å². The van der Waals surface area contributed by atoms with Gasteiger partial charge in [0.15, 0.2) is 0 Å². The Bertz CT molecular complexity index is 818. The van der Waals surface area contributed by atoms with Crippen LogP contribution in [-0.2, 0) is 12.8 Å². The summed E-state index contributed by atoms with van der Waals surface area (Å²) in [5.74, 6) is 1.24. The number of aromatic hydroxyl groups is 1. The van der Waals surface area contributed by atoms with Gasteiger partial charge >= 0.3 is 0 Å². The Morgan fingerprint density at radius 3 is 2.86 bits per heavy atom. The molecule has 0 amide bonds. The molecule has 21 heavy (non-hydrogen) atoms. The van der Waals surface area contributed by atoms with E-state index in [1.807, 2.05) is 6.07 Å². The van der Waals surface area contributed by atoms with Gasteiger partial charge in [0.2, 0.25) is 0 Å². The van der Waals surface area contributed by atoms with Gasteiger partial charge in [0.05, 0.1) is 6.21 Å². The van der Waals surface area contributed by atoms with Crippen LogP contribution >= 0.6 is 0 Å². The van der Waals surface area contributed by atoms with E-state index < -0.39 is 0 Å².